The van der Waals surface area contributed by atoms with Crippen molar-refractivity contribution in [1.29, 1.82) is 0 Å². The van der Waals surface area contributed by atoms with Crippen molar-refractivity contribution in [3.05, 3.63) is 0 Å². The zero-order chi connectivity index (χ0) is 15.3. The topological polar surface area (TPSA) is 41.6 Å². The molecule has 1 unspecified atom stereocenters. The van der Waals surface area contributed by atoms with Gasteiger partial charge in [0.15, 0.2) is 0 Å². The molecule has 21 heavy (non-hydrogen) atoms. The summed E-state index contributed by atoms with van der Waals surface area (Å²) in [5.74, 6) is 2.57. The van der Waals surface area contributed by atoms with Crippen LogP contribution < -0.4 is 5.32 Å². The molecule has 1 N–H and O–H groups in total. The Morgan fingerprint density at radius 1 is 1.29 bits per heavy atom. The average Bonchev–Trinajstić information content (AvgIpc) is 2.86. The first-order chi connectivity index (χ1) is 9.96. The van der Waals surface area contributed by atoms with Crippen LogP contribution in [0.3, 0.4) is 0 Å². The lowest BCUT2D eigenvalue weighted by atomic mass is 10.1. The van der Waals surface area contributed by atoms with Gasteiger partial charge in [-0.25, -0.2) is 4.79 Å². The molecular weight excluding hydrogens is 284 g/mol. The Bertz CT molecular complexity index is 338. The van der Waals surface area contributed by atoms with Crippen LogP contribution in [0.1, 0.15) is 52.9 Å². The third-order valence-corrected chi connectivity index (χ3v) is 5.19. The number of nitrogens with zero attached hydrogens (tertiary/aromatic N) is 1. The molecule has 0 radical (unpaired) electrons. The fourth-order valence-electron chi connectivity index (χ4n) is 3.05. The first kappa shape index (κ1) is 16.9. The van der Waals surface area contributed by atoms with Crippen LogP contribution in [0.2, 0.25) is 0 Å². The van der Waals surface area contributed by atoms with Crippen LogP contribution >= 0.6 is 11.8 Å². The van der Waals surface area contributed by atoms with E-state index in [2.05, 4.69) is 17.1 Å². The second kappa shape index (κ2) is 7.73. The third kappa shape index (κ3) is 5.70. The summed E-state index contributed by atoms with van der Waals surface area (Å²) >= 11 is 2.06. The lowest BCUT2D eigenvalue weighted by molar-refractivity contribution is 0.0220. The predicted octanol–water partition coefficient (Wildman–Crippen LogP) is 3.26. The summed E-state index contributed by atoms with van der Waals surface area (Å²) in [4.78, 5) is 14.2. The van der Waals surface area contributed by atoms with Gasteiger partial charge >= 0.3 is 6.09 Å². The quantitative estimate of drug-likeness (QED) is 0.865. The summed E-state index contributed by atoms with van der Waals surface area (Å²) in [6.45, 7) is 7.65. The summed E-state index contributed by atoms with van der Waals surface area (Å²) < 4.78 is 5.51. The molecule has 2 fully saturated rings. The molecule has 2 aliphatic heterocycles. The van der Waals surface area contributed by atoms with Crippen LogP contribution in [-0.2, 0) is 4.74 Å². The maximum absolute atomic E-state index is 12.2. The number of ether oxygens (including phenoxy) is 1. The monoisotopic (exact) mass is 314 g/mol. The van der Waals surface area contributed by atoms with Gasteiger partial charge in [-0.2, -0.15) is 11.8 Å². The molecule has 0 aromatic heterocycles. The van der Waals surface area contributed by atoms with Crippen molar-refractivity contribution in [3.8, 4) is 0 Å². The third-order valence-electron chi connectivity index (χ3n) is 4.14. The van der Waals surface area contributed by atoms with Crippen LogP contribution in [0, 0.1) is 0 Å². The highest BCUT2D eigenvalue weighted by molar-refractivity contribution is 7.99. The molecule has 2 heterocycles. The van der Waals surface area contributed by atoms with E-state index < -0.39 is 5.60 Å². The van der Waals surface area contributed by atoms with E-state index in [-0.39, 0.29) is 6.09 Å². The minimum atomic E-state index is -0.401. The maximum atomic E-state index is 12.2. The highest BCUT2D eigenvalue weighted by atomic mass is 32.2. The fourth-order valence-corrected chi connectivity index (χ4v) is 4.16. The molecule has 0 aromatic rings. The Labute approximate surface area is 133 Å². The number of carbonyl (C=O) groups is 1. The second-order valence-corrected chi connectivity index (χ2v) is 8.32. The molecule has 0 bridgehead atoms. The van der Waals surface area contributed by atoms with Crippen LogP contribution in [0.4, 0.5) is 4.79 Å². The van der Waals surface area contributed by atoms with E-state index in [1.165, 1.54) is 24.3 Å². The molecular formula is C16H30N2O2S. The molecule has 2 rings (SSSR count). The van der Waals surface area contributed by atoms with Crippen molar-refractivity contribution in [2.75, 3.05) is 24.6 Å². The van der Waals surface area contributed by atoms with E-state index in [1.807, 2.05) is 25.7 Å². The summed E-state index contributed by atoms with van der Waals surface area (Å²) in [5.41, 5.74) is -0.401. The number of thioether (sulfide) groups is 1. The van der Waals surface area contributed by atoms with E-state index >= 15 is 0 Å². The normalized spacial score (nSPS) is 24.3. The number of nitrogens with one attached hydrogen (secondary N) is 1. The van der Waals surface area contributed by atoms with Gasteiger partial charge in [-0.15, -0.1) is 0 Å². The Balaban J connectivity index is 1.72. The molecule has 2 saturated heterocycles. The van der Waals surface area contributed by atoms with E-state index in [0.717, 1.165) is 32.4 Å². The largest absolute Gasteiger partial charge is 0.444 e. The number of hydrogen-bond acceptors (Lipinski definition) is 4. The smallest absolute Gasteiger partial charge is 0.410 e. The fraction of sp³-hybridized carbons (Fsp3) is 0.938. The molecule has 0 aromatic carbocycles. The Morgan fingerprint density at radius 2 is 2.00 bits per heavy atom. The molecule has 122 valence electrons. The van der Waals surface area contributed by atoms with E-state index in [4.69, 9.17) is 4.74 Å². The van der Waals surface area contributed by atoms with Crippen LogP contribution in [0.15, 0.2) is 0 Å². The Morgan fingerprint density at radius 3 is 2.67 bits per heavy atom. The van der Waals surface area contributed by atoms with Crippen molar-refractivity contribution in [2.45, 2.75) is 70.6 Å². The minimum Gasteiger partial charge on any atom is -0.444 e. The number of likely N-dealkylation sites (tertiary alicyclic amines) is 1. The lowest BCUT2D eigenvalue weighted by Gasteiger charge is -2.29. The molecule has 0 spiro atoms. The van der Waals surface area contributed by atoms with Crippen molar-refractivity contribution in [3.63, 3.8) is 0 Å². The first-order valence-corrected chi connectivity index (χ1v) is 9.42. The molecule has 0 saturated carbocycles. The van der Waals surface area contributed by atoms with Gasteiger partial charge in [0.2, 0.25) is 0 Å². The van der Waals surface area contributed by atoms with Gasteiger partial charge < -0.3 is 15.0 Å². The highest BCUT2D eigenvalue weighted by Crippen LogP contribution is 2.23. The molecule has 5 heteroatoms. The van der Waals surface area contributed by atoms with Crippen LogP contribution in [0.5, 0.6) is 0 Å². The van der Waals surface area contributed by atoms with Gasteiger partial charge in [0.05, 0.1) is 0 Å². The molecule has 4 nitrogen and oxygen atoms in total. The molecule has 1 amide bonds. The number of carbonyl (C=O) groups excluding carboxylic acids is 1. The average molecular weight is 314 g/mol. The van der Waals surface area contributed by atoms with Gasteiger partial charge in [0, 0.05) is 18.6 Å². The lowest BCUT2D eigenvalue weighted by Crippen LogP contribution is -2.42. The summed E-state index contributed by atoms with van der Waals surface area (Å²) in [6, 6.07) is 1.04. The van der Waals surface area contributed by atoms with E-state index in [0.29, 0.717) is 12.1 Å². The zero-order valence-corrected chi connectivity index (χ0v) is 14.5. The van der Waals surface area contributed by atoms with Gasteiger partial charge in [-0.3, -0.25) is 0 Å². The van der Waals surface area contributed by atoms with Gasteiger partial charge in [-0.05, 0) is 70.9 Å². The molecule has 2 aliphatic rings. The van der Waals surface area contributed by atoms with Crippen molar-refractivity contribution in [1.82, 2.24) is 10.2 Å². The van der Waals surface area contributed by atoms with Crippen LogP contribution in [0.25, 0.3) is 0 Å². The summed E-state index contributed by atoms with van der Waals surface area (Å²) in [6.07, 6.45) is 5.68. The van der Waals surface area contributed by atoms with Crippen LogP contribution in [-0.4, -0.2) is 53.3 Å². The Kier molecular flexibility index (Phi) is 6.23. The standard InChI is InChI=1S/C16H30N2O2S/c1-16(2,3)20-15(19)18-10-4-5-14(18)6-9-17-13-7-11-21-12-8-13/h13-14,17H,4-12H2,1-3H3. The predicted molar refractivity (Wildman–Crippen MR) is 88.9 cm³/mol. The number of amides is 1. The minimum absolute atomic E-state index is 0.140. The van der Waals surface area contributed by atoms with Crippen molar-refractivity contribution >= 4 is 17.9 Å². The molecule has 0 aliphatic carbocycles. The second-order valence-electron chi connectivity index (χ2n) is 7.10. The van der Waals surface area contributed by atoms with Crippen molar-refractivity contribution < 1.29 is 9.53 Å². The van der Waals surface area contributed by atoms with E-state index in [9.17, 15) is 4.79 Å². The van der Waals surface area contributed by atoms with Crippen molar-refractivity contribution in [2.24, 2.45) is 0 Å². The van der Waals surface area contributed by atoms with Gasteiger partial charge in [0.25, 0.3) is 0 Å². The summed E-state index contributed by atoms with van der Waals surface area (Å²) in [7, 11) is 0. The number of rotatable bonds is 4. The van der Waals surface area contributed by atoms with Gasteiger partial charge in [-0.1, -0.05) is 0 Å². The van der Waals surface area contributed by atoms with Gasteiger partial charge in [0.1, 0.15) is 5.60 Å². The highest BCUT2D eigenvalue weighted by Gasteiger charge is 2.31. The van der Waals surface area contributed by atoms with E-state index in [1.54, 1.807) is 0 Å². The Hall–Kier alpha value is -0.420. The number of hydrogen-bond donors (Lipinski definition) is 1. The maximum Gasteiger partial charge on any atom is 0.410 e. The molecule has 1 atom stereocenters. The first-order valence-electron chi connectivity index (χ1n) is 8.26. The summed E-state index contributed by atoms with van der Waals surface area (Å²) in [5, 5.41) is 3.66. The zero-order valence-electron chi connectivity index (χ0n) is 13.7. The SMILES string of the molecule is CC(C)(C)OC(=O)N1CCCC1CCNC1CCSCC1.